The molecular formula is C48H72N12O15S. The Morgan fingerprint density at radius 3 is 1.84 bits per heavy atom. The van der Waals surface area contributed by atoms with Gasteiger partial charge >= 0.3 is 11.9 Å². The summed E-state index contributed by atoms with van der Waals surface area (Å²) in [6, 6.07) is -4.30. The second-order valence-corrected chi connectivity index (χ2v) is 19.5. The fourth-order valence-corrected chi connectivity index (χ4v) is 8.61. The average molecular weight is 1090 g/mol. The third-order valence-corrected chi connectivity index (χ3v) is 13.4. The lowest BCUT2D eigenvalue weighted by Crippen LogP contribution is -2.60. The zero-order chi connectivity index (χ0) is 56.8. The van der Waals surface area contributed by atoms with Crippen molar-refractivity contribution >= 4 is 93.7 Å². The summed E-state index contributed by atoms with van der Waals surface area (Å²) >= 11 is 1.38. The zero-order valence-electron chi connectivity index (χ0n) is 42.9. The van der Waals surface area contributed by atoms with Crippen LogP contribution in [0, 0.1) is 5.92 Å². The first kappa shape index (κ1) is 63.0. The molecule has 3 rings (SSSR count). The molecule has 2 aromatic rings. The highest BCUT2D eigenvalue weighted by molar-refractivity contribution is 7.98. The van der Waals surface area contributed by atoms with Crippen LogP contribution in [0.3, 0.4) is 0 Å². The van der Waals surface area contributed by atoms with E-state index < -0.39 is 176 Å². The molecule has 17 N–H and O–H groups in total. The lowest BCUT2D eigenvalue weighted by Gasteiger charge is -2.30. The van der Waals surface area contributed by atoms with Gasteiger partial charge in [0.25, 0.3) is 0 Å². The predicted molar refractivity (Wildman–Crippen MR) is 275 cm³/mol. The molecule has 0 saturated carbocycles. The standard InChI is InChI=1S/C48H72N12O15S/c1-5-24(2)40(46(72)53-23-37(64)54-33(44(70)58-32(48(74)75)18-20-76-4)21-26-22-52-28-10-7-6-9-27(26)28)59-43(69)30(13-16-36(50)63)55-42(68)31(14-17-38(65)66)56-41(67)29(12-15-35(49)62)57-45(71)34-11-8-19-60(34)47(73)39(51)25(3)61/h6-7,9-10,22,24-25,29-34,39-40,52,61H,5,8,11-21,23,51H2,1-4H3,(H2,49,62)(H2,50,63)(H,53,72)(H,54,64)(H,55,68)(H,56,67)(H,57,71)(H,58,70)(H,59,69)(H,65,66)(H,74,75)/t24-,25+,29-,30-,31-,32-,33-,34-,39-,40-/m0/s1. The molecule has 1 aliphatic rings. The van der Waals surface area contributed by atoms with Crippen molar-refractivity contribution in [1.82, 2.24) is 47.1 Å². The summed E-state index contributed by atoms with van der Waals surface area (Å²) in [5.74, 6) is -12.1. The van der Waals surface area contributed by atoms with Crippen LogP contribution in [0.4, 0.5) is 0 Å². The second-order valence-electron chi connectivity index (χ2n) is 18.5. The summed E-state index contributed by atoms with van der Waals surface area (Å²) in [5.41, 5.74) is 17.9. The van der Waals surface area contributed by atoms with Crippen molar-refractivity contribution < 1.29 is 72.9 Å². The number of aliphatic hydroxyl groups excluding tert-OH is 1. The highest BCUT2D eigenvalue weighted by atomic mass is 32.2. The number of thioether (sulfide) groups is 1. The number of hydrogen-bond acceptors (Lipinski definition) is 15. The molecule has 0 spiro atoms. The Bertz CT molecular complexity index is 2420. The molecule has 420 valence electrons. The number of primary amides is 2. The van der Waals surface area contributed by atoms with Crippen LogP contribution >= 0.6 is 11.8 Å². The minimum Gasteiger partial charge on any atom is -0.481 e. The molecule has 0 unspecified atom stereocenters. The van der Waals surface area contributed by atoms with Crippen molar-refractivity contribution in [2.45, 2.75) is 146 Å². The number of benzene rings is 1. The van der Waals surface area contributed by atoms with Gasteiger partial charge in [-0.05, 0) is 75.0 Å². The third kappa shape index (κ3) is 19.7. The Labute approximate surface area is 442 Å². The maximum atomic E-state index is 14.1. The molecule has 1 saturated heterocycles. The summed E-state index contributed by atoms with van der Waals surface area (Å²) in [6.45, 7) is 3.96. The first-order valence-electron chi connectivity index (χ1n) is 24.8. The van der Waals surface area contributed by atoms with Crippen molar-refractivity contribution in [3.05, 3.63) is 36.0 Å². The smallest absolute Gasteiger partial charge is 0.326 e. The van der Waals surface area contributed by atoms with E-state index in [1.807, 2.05) is 0 Å². The molecule has 1 aliphatic heterocycles. The van der Waals surface area contributed by atoms with Crippen LogP contribution in [0.15, 0.2) is 30.5 Å². The molecule has 0 radical (unpaired) electrons. The van der Waals surface area contributed by atoms with E-state index in [1.54, 1.807) is 50.6 Å². The Balaban J connectivity index is 1.82. The SMILES string of the molecule is CC[C@H](C)[C@H](NC(=O)[C@H](CCC(N)=O)NC(=O)[C@H](CCC(=O)O)NC(=O)[C@H](CCC(N)=O)NC(=O)[C@@H]1CCCN1C(=O)[C@@H](N)[C@@H](C)O)C(=O)NCC(=O)N[C@@H](Cc1c[nH]c2ccccc12)C(=O)N[C@@H](CCSC)C(=O)O. The number of likely N-dealkylation sites (tertiary alicyclic amines) is 1. The third-order valence-electron chi connectivity index (χ3n) is 12.7. The topological polar surface area (TPSA) is 447 Å². The number of nitrogens with zero attached hydrogens (tertiary/aromatic N) is 1. The monoisotopic (exact) mass is 1090 g/mol. The Hall–Kier alpha value is -7.33. The van der Waals surface area contributed by atoms with Crippen molar-refractivity contribution in [1.29, 1.82) is 0 Å². The summed E-state index contributed by atoms with van der Waals surface area (Å²) in [5, 5.41) is 47.2. The van der Waals surface area contributed by atoms with Gasteiger partial charge in [-0.15, -0.1) is 0 Å². The summed E-state index contributed by atoms with van der Waals surface area (Å²) in [6.07, 6.45) is -0.141. The summed E-state index contributed by atoms with van der Waals surface area (Å²) in [7, 11) is 0. The molecule has 2 heterocycles. The molecule has 0 bridgehead atoms. The van der Waals surface area contributed by atoms with E-state index >= 15 is 0 Å². The van der Waals surface area contributed by atoms with Crippen molar-refractivity contribution in [2.24, 2.45) is 23.1 Å². The maximum Gasteiger partial charge on any atom is 0.326 e. The minimum atomic E-state index is -1.74. The average Bonchev–Trinajstić information content (AvgIpc) is 4.04. The van der Waals surface area contributed by atoms with Gasteiger partial charge < -0.3 is 79.6 Å². The molecule has 1 aromatic carbocycles. The zero-order valence-corrected chi connectivity index (χ0v) is 43.7. The second kappa shape index (κ2) is 30.9. The number of nitrogens with two attached hydrogens (primary N) is 3. The Kier molecular flexibility index (Phi) is 25.6. The molecule has 76 heavy (non-hydrogen) atoms. The van der Waals surface area contributed by atoms with Crippen LogP contribution < -0.4 is 54.4 Å². The lowest BCUT2D eigenvalue weighted by molar-refractivity contribution is -0.142. The van der Waals surface area contributed by atoms with Gasteiger partial charge in [0.15, 0.2) is 0 Å². The van der Waals surface area contributed by atoms with Crippen LogP contribution in [0.2, 0.25) is 0 Å². The Morgan fingerprint density at radius 2 is 1.29 bits per heavy atom. The lowest BCUT2D eigenvalue weighted by atomic mass is 9.97. The summed E-state index contributed by atoms with van der Waals surface area (Å²) in [4.78, 5) is 161. The maximum absolute atomic E-state index is 14.1. The van der Waals surface area contributed by atoms with Gasteiger partial charge in [0, 0.05) is 49.3 Å². The number of fused-ring (bicyclic) bond motifs is 1. The van der Waals surface area contributed by atoms with Gasteiger partial charge in [0.1, 0.15) is 48.3 Å². The van der Waals surface area contributed by atoms with Gasteiger partial charge in [-0.1, -0.05) is 38.5 Å². The number of nitrogens with one attached hydrogen (secondary N) is 8. The van der Waals surface area contributed by atoms with E-state index in [9.17, 15) is 72.9 Å². The minimum absolute atomic E-state index is 0.0771. The van der Waals surface area contributed by atoms with E-state index in [4.69, 9.17) is 17.2 Å². The van der Waals surface area contributed by atoms with Gasteiger partial charge in [-0.2, -0.15) is 11.8 Å². The number of carbonyl (C=O) groups is 12. The molecule has 10 amide bonds. The highest BCUT2D eigenvalue weighted by Crippen LogP contribution is 2.21. The number of carboxylic acid groups (broad SMARTS) is 2. The number of hydrogen-bond donors (Lipinski definition) is 14. The molecule has 27 nitrogen and oxygen atoms in total. The first-order chi connectivity index (χ1) is 35.9. The van der Waals surface area contributed by atoms with Crippen LogP contribution in [-0.4, -0.2) is 176 Å². The van der Waals surface area contributed by atoms with Crippen molar-refractivity contribution in [3.8, 4) is 0 Å². The predicted octanol–water partition coefficient (Wildman–Crippen LogP) is -3.29. The van der Waals surface area contributed by atoms with Gasteiger partial charge in [-0.3, -0.25) is 52.7 Å². The van der Waals surface area contributed by atoms with E-state index in [0.717, 1.165) is 15.8 Å². The molecule has 28 heteroatoms. The number of aliphatic carboxylic acids is 2. The Morgan fingerprint density at radius 1 is 0.737 bits per heavy atom. The van der Waals surface area contributed by atoms with E-state index in [1.165, 1.54) is 18.7 Å². The van der Waals surface area contributed by atoms with Crippen LogP contribution in [0.25, 0.3) is 10.9 Å². The fourth-order valence-electron chi connectivity index (χ4n) is 8.13. The summed E-state index contributed by atoms with van der Waals surface area (Å²) < 4.78 is 0. The number of para-hydroxylation sites is 1. The first-order valence-corrected chi connectivity index (χ1v) is 26.2. The van der Waals surface area contributed by atoms with Crippen molar-refractivity contribution in [2.75, 3.05) is 25.1 Å². The normalized spacial score (nSPS) is 16.7. The molecule has 0 aliphatic carbocycles. The molecule has 1 aromatic heterocycles. The quantitative estimate of drug-likeness (QED) is 0.0333. The molecular weight excluding hydrogens is 1020 g/mol. The number of H-pyrrole nitrogens is 1. The number of carbonyl (C=O) groups excluding carboxylic acids is 10. The molecule has 1 fully saturated rings. The highest BCUT2D eigenvalue weighted by Gasteiger charge is 2.40. The van der Waals surface area contributed by atoms with Gasteiger partial charge in [0.2, 0.25) is 59.1 Å². The van der Waals surface area contributed by atoms with E-state index in [2.05, 4.69) is 42.2 Å². The number of carboxylic acids is 2. The number of aromatic nitrogens is 1. The van der Waals surface area contributed by atoms with E-state index in [-0.39, 0.29) is 32.2 Å². The number of aliphatic hydroxyl groups is 1. The fraction of sp³-hybridized carbons (Fsp3) is 0.583. The van der Waals surface area contributed by atoms with E-state index in [0.29, 0.717) is 17.7 Å². The number of amides is 10. The van der Waals surface area contributed by atoms with Gasteiger partial charge in [0.05, 0.1) is 12.6 Å². The van der Waals surface area contributed by atoms with Gasteiger partial charge in [-0.25, -0.2) is 4.79 Å². The largest absolute Gasteiger partial charge is 0.481 e. The molecule has 10 atom stereocenters. The van der Waals surface area contributed by atoms with Crippen LogP contribution in [-0.2, 0) is 64.0 Å². The number of aromatic amines is 1. The number of rotatable bonds is 33. The van der Waals surface area contributed by atoms with Crippen LogP contribution in [0.1, 0.15) is 90.5 Å². The van der Waals surface area contributed by atoms with Crippen molar-refractivity contribution in [3.63, 3.8) is 0 Å². The van der Waals surface area contributed by atoms with Crippen LogP contribution in [0.5, 0.6) is 0 Å².